The number of nitrogens with zero attached hydrogens (tertiary/aromatic N) is 1. The van der Waals surface area contributed by atoms with Gasteiger partial charge >= 0.3 is 0 Å². The Morgan fingerprint density at radius 1 is 1.45 bits per heavy atom. The number of aromatic hydroxyl groups is 1. The van der Waals surface area contributed by atoms with Gasteiger partial charge in [0, 0.05) is 5.56 Å². The van der Waals surface area contributed by atoms with Gasteiger partial charge in [-0.25, -0.2) is 0 Å². The second-order valence-electron chi connectivity index (χ2n) is 2.07. The first kappa shape index (κ1) is 7.58. The predicted octanol–water partition coefficient (Wildman–Crippen LogP) is 0.756. The maximum absolute atomic E-state index is 9.11. The van der Waals surface area contributed by atoms with E-state index in [9.17, 15) is 0 Å². The Kier molecular flexibility index (Phi) is 2.09. The van der Waals surface area contributed by atoms with Crippen LogP contribution < -0.4 is 0 Å². The molecule has 3 nitrogen and oxygen atoms in total. The van der Waals surface area contributed by atoms with E-state index in [-0.39, 0.29) is 17.9 Å². The van der Waals surface area contributed by atoms with Gasteiger partial charge < -0.3 is 10.2 Å². The number of benzene rings is 1. The Morgan fingerprint density at radius 3 is 2.64 bits per heavy atom. The summed E-state index contributed by atoms with van der Waals surface area (Å²) < 4.78 is 0. The molecule has 0 amide bonds. The minimum Gasteiger partial charge on any atom is -0.508 e. The van der Waals surface area contributed by atoms with Gasteiger partial charge in [0.15, 0.2) is 0 Å². The van der Waals surface area contributed by atoms with Crippen LogP contribution in [0.4, 0.5) is 0 Å². The Balaban J connectivity index is 3.27. The number of rotatable bonds is 1. The molecule has 11 heavy (non-hydrogen) atoms. The van der Waals surface area contributed by atoms with Crippen molar-refractivity contribution in [2.24, 2.45) is 0 Å². The van der Waals surface area contributed by atoms with Crippen LogP contribution in [0.2, 0.25) is 0 Å². The van der Waals surface area contributed by atoms with Gasteiger partial charge in [0.05, 0.1) is 18.2 Å². The fourth-order valence-corrected chi connectivity index (χ4v) is 0.846. The molecule has 1 aromatic rings. The molecule has 1 rings (SSSR count). The van der Waals surface area contributed by atoms with Crippen molar-refractivity contribution in [3.63, 3.8) is 0 Å². The largest absolute Gasteiger partial charge is 0.508 e. The second-order valence-corrected chi connectivity index (χ2v) is 2.07. The molecule has 56 valence electrons. The smallest absolute Gasteiger partial charge is 0.122 e. The van der Waals surface area contributed by atoms with Crippen molar-refractivity contribution in [1.82, 2.24) is 0 Å². The van der Waals surface area contributed by atoms with Crippen molar-refractivity contribution >= 4 is 0 Å². The molecule has 3 heteroatoms. The van der Waals surface area contributed by atoms with Crippen LogP contribution >= 0.6 is 0 Å². The third-order valence-electron chi connectivity index (χ3n) is 1.43. The molecule has 0 radical (unpaired) electrons. The van der Waals surface area contributed by atoms with Crippen molar-refractivity contribution in [2.75, 3.05) is 0 Å². The van der Waals surface area contributed by atoms with Crippen molar-refractivity contribution in [3.05, 3.63) is 29.3 Å². The van der Waals surface area contributed by atoms with Crippen LogP contribution in [0, 0.1) is 11.3 Å². The Morgan fingerprint density at radius 2 is 2.18 bits per heavy atom. The van der Waals surface area contributed by atoms with Crippen LogP contribution in [-0.4, -0.2) is 10.2 Å². The highest BCUT2D eigenvalue weighted by Crippen LogP contribution is 2.19. The molecule has 0 saturated carbocycles. The monoisotopic (exact) mass is 149 g/mol. The summed E-state index contributed by atoms with van der Waals surface area (Å²) in [7, 11) is 0. The highest BCUT2D eigenvalue weighted by Gasteiger charge is 2.04. The Hall–Kier alpha value is -1.53. The van der Waals surface area contributed by atoms with E-state index in [1.54, 1.807) is 12.1 Å². The minimum atomic E-state index is -0.310. The van der Waals surface area contributed by atoms with Crippen molar-refractivity contribution in [3.8, 4) is 11.8 Å². The number of aliphatic hydroxyl groups is 1. The lowest BCUT2D eigenvalue weighted by Crippen LogP contribution is -1.88. The zero-order valence-electron chi connectivity index (χ0n) is 5.78. The summed E-state index contributed by atoms with van der Waals surface area (Å²) in [6.07, 6.45) is 0. The molecule has 0 aliphatic carbocycles. The molecule has 0 fully saturated rings. The molecule has 0 aromatic heterocycles. The molecule has 0 bridgehead atoms. The SMILES string of the molecule is N#Cc1cccc(O)c1CO. The zero-order chi connectivity index (χ0) is 8.27. The van der Waals surface area contributed by atoms with E-state index in [1.807, 2.05) is 6.07 Å². The maximum Gasteiger partial charge on any atom is 0.122 e. The molecule has 0 unspecified atom stereocenters. The molecular formula is C8H7NO2. The van der Waals surface area contributed by atoms with Gasteiger partial charge in [-0.2, -0.15) is 5.26 Å². The quantitative estimate of drug-likeness (QED) is 0.619. The lowest BCUT2D eigenvalue weighted by atomic mass is 10.1. The average molecular weight is 149 g/mol. The van der Waals surface area contributed by atoms with Crippen LogP contribution in [-0.2, 0) is 6.61 Å². The molecule has 0 spiro atoms. The summed E-state index contributed by atoms with van der Waals surface area (Å²) in [6.45, 7) is -0.310. The molecule has 0 saturated heterocycles. The Bertz CT molecular complexity index is 301. The molecular weight excluding hydrogens is 142 g/mol. The van der Waals surface area contributed by atoms with Gasteiger partial charge in [-0.15, -0.1) is 0 Å². The predicted molar refractivity (Wildman–Crippen MR) is 38.7 cm³/mol. The lowest BCUT2D eigenvalue weighted by Gasteiger charge is -2.00. The van der Waals surface area contributed by atoms with Crippen LogP contribution in [0.25, 0.3) is 0 Å². The minimum absolute atomic E-state index is 0.0356. The highest BCUT2D eigenvalue weighted by atomic mass is 16.3. The Labute approximate surface area is 64.1 Å². The van der Waals surface area contributed by atoms with E-state index in [2.05, 4.69) is 0 Å². The molecule has 0 aliphatic rings. The van der Waals surface area contributed by atoms with Crippen LogP contribution in [0.15, 0.2) is 18.2 Å². The summed E-state index contributed by atoms with van der Waals surface area (Å²) in [5.41, 5.74) is 0.600. The third kappa shape index (κ3) is 1.31. The fraction of sp³-hybridized carbons (Fsp3) is 0.125. The highest BCUT2D eigenvalue weighted by molar-refractivity contribution is 5.45. The maximum atomic E-state index is 9.11. The molecule has 2 N–H and O–H groups in total. The van der Waals surface area contributed by atoms with Gasteiger partial charge in [-0.3, -0.25) is 0 Å². The average Bonchev–Trinajstić information content (AvgIpc) is 2.04. The number of hydrogen-bond donors (Lipinski definition) is 2. The van der Waals surface area contributed by atoms with E-state index in [0.717, 1.165) is 0 Å². The van der Waals surface area contributed by atoms with Crippen LogP contribution in [0.5, 0.6) is 5.75 Å². The first-order chi connectivity index (χ1) is 5.29. The molecule has 0 aliphatic heterocycles. The van der Waals surface area contributed by atoms with Gasteiger partial charge in [0.25, 0.3) is 0 Å². The van der Waals surface area contributed by atoms with Gasteiger partial charge in [0.1, 0.15) is 5.75 Å². The number of hydrogen-bond acceptors (Lipinski definition) is 3. The van der Waals surface area contributed by atoms with Crippen molar-refractivity contribution in [1.29, 1.82) is 5.26 Å². The van der Waals surface area contributed by atoms with Crippen LogP contribution in [0.3, 0.4) is 0 Å². The van der Waals surface area contributed by atoms with Crippen molar-refractivity contribution in [2.45, 2.75) is 6.61 Å². The van der Waals surface area contributed by atoms with Crippen LogP contribution in [0.1, 0.15) is 11.1 Å². The zero-order valence-corrected chi connectivity index (χ0v) is 5.78. The fourth-order valence-electron chi connectivity index (χ4n) is 0.846. The second kappa shape index (κ2) is 3.04. The van der Waals surface area contributed by atoms with E-state index >= 15 is 0 Å². The number of nitriles is 1. The summed E-state index contributed by atoms with van der Waals surface area (Å²) in [5.74, 6) is -0.0356. The number of phenols is 1. The van der Waals surface area contributed by atoms with E-state index in [0.29, 0.717) is 5.56 Å². The van der Waals surface area contributed by atoms with Crippen molar-refractivity contribution < 1.29 is 10.2 Å². The summed E-state index contributed by atoms with van der Waals surface area (Å²) in [6, 6.07) is 6.41. The first-order valence-electron chi connectivity index (χ1n) is 3.11. The van der Waals surface area contributed by atoms with E-state index < -0.39 is 0 Å². The standard InChI is InChI=1S/C8H7NO2/c9-4-6-2-1-3-8(11)7(6)5-10/h1-3,10-11H,5H2. The molecule has 1 aromatic carbocycles. The summed E-state index contributed by atoms with van der Waals surface area (Å²) in [4.78, 5) is 0. The first-order valence-corrected chi connectivity index (χ1v) is 3.11. The lowest BCUT2D eigenvalue weighted by molar-refractivity contribution is 0.275. The van der Waals surface area contributed by atoms with E-state index in [4.69, 9.17) is 15.5 Å². The normalized spacial score (nSPS) is 9.09. The summed E-state index contributed by atoms with van der Waals surface area (Å²) >= 11 is 0. The van der Waals surface area contributed by atoms with E-state index in [1.165, 1.54) is 6.07 Å². The van der Waals surface area contributed by atoms with Gasteiger partial charge in [-0.05, 0) is 12.1 Å². The molecule has 0 heterocycles. The third-order valence-corrected chi connectivity index (χ3v) is 1.43. The topological polar surface area (TPSA) is 64.2 Å². The van der Waals surface area contributed by atoms with Gasteiger partial charge in [0.2, 0.25) is 0 Å². The number of aliphatic hydroxyl groups excluding tert-OH is 1. The molecule has 0 atom stereocenters. The van der Waals surface area contributed by atoms with Gasteiger partial charge in [-0.1, -0.05) is 6.07 Å². The summed E-state index contributed by atoms with van der Waals surface area (Å²) in [5, 5.41) is 26.3.